The zero-order valence-electron chi connectivity index (χ0n) is 21.1. The number of piperidine rings is 1. The predicted molar refractivity (Wildman–Crippen MR) is 140 cm³/mol. The van der Waals surface area contributed by atoms with Crippen molar-refractivity contribution in [2.24, 2.45) is 18.7 Å². The smallest absolute Gasteiger partial charge is 0.271 e. The van der Waals surface area contributed by atoms with Crippen LogP contribution in [0.4, 0.5) is 17.3 Å². The summed E-state index contributed by atoms with van der Waals surface area (Å²) in [7, 11) is 1.80. The molecule has 1 aliphatic heterocycles. The molecule has 0 radical (unpaired) electrons. The number of primary amides is 1. The van der Waals surface area contributed by atoms with Gasteiger partial charge in [-0.1, -0.05) is 24.8 Å². The number of rotatable bonds is 9. The molecule has 0 unspecified atom stereocenters. The van der Waals surface area contributed by atoms with Gasteiger partial charge in [0.1, 0.15) is 5.82 Å². The molecule has 190 valence electrons. The Bertz CT molecular complexity index is 1210. The Kier molecular flexibility index (Phi) is 7.52. The van der Waals surface area contributed by atoms with Gasteiger partial charge in [-0.3, -0.25) is 14.3 Å². The highest BCUT2D eigenvalue weighted by Gasteiger charge is 2.31. The molecule has 2 amide bonds. The van der Waals surface area contributed by atoms with Crippen molar-refractivity contribution in [1.29, 1.82) is 0 Å². The van der Waals surface area contributed by atoms with E-state index in [0.717, 1.165) is 19.4 Å². The van der Waals surface area contributed by atoms with E-state index in [0.29, 0.717) is 23.0 Å². The second-order valence-corrected chi connectivity index (χ2v) is 9.47. The van der Waals surface area contributed by atoms with Crippen molar-refractivity contribution in [3.05, 3.63) is 60.2 Å². The van der Waals surface area contributed by atoms with Gasteiger partial charge in [-0.2, -0.15) is 5.10 Å². The number of anilines is 3. The number of nitrogens with one attached hydrogen (secondary N) is 2. The molecule has 2 aromatic rings. The summed E-state index contributed by atoms with van der Waals surface area (Å²) in [6.45, 7) is 8.53. The van der Waals surface area contributed by atoms with Crippen molar-refractivity contribution in [3.8, 4) is 0 Å². The average molecular weight is 491 g/mol. The molecule has 2 atom stereocenters. The first-order chi connectivity index (χ1) is 17.3. The number of amides is 2. The summed E-state index contributed by atoms with van der Waals surface area (Å²) < 4.78 is 1.64. The molecule has 0 aromatic carbocycles. The maximum Gasteiger partial charge on any atom is 0.271 e. The van der Waals surface area contributed by atoms with E-state index in [1.54, 1.807) is 30.3 Å². The molecule has 0 bridgehead atoms. The number of carbonyl (C=O) groups is 2. The molecule has 4 rings (SSSR count). The number of nitrogens with zero attached hydrogens (tertiary/aromatic N) is 5. The van der Waals surface area contributed by atoms with Crippen molar-refractivity contribution >= 4 is 29.1 Å². The summed E-state index contributed by atoms with van der Waals surface area (Å²) in [5.74, 6) is 0.702. The molecule has 1 saturated carbocycles. The Balaban J connectivity index is 1.49. The lowest BCUT2D eigenvalue weighted by Crippen LogP contribution is -2.54. The molecular formula is C26H34N8O2. The molecule has 36 heavy (non-hydrogen) atoms. The maximum absolute atomic E-state index is 12.9. The molecular weight excluding hydrogens is 456 g/mol. The number of nitrogens with two attached hydrogens (primary N) is 1. The van der Waals surface area contributed by atoms with Crippen LogP contribution in [0.5, 0.6) is 0 Å². The number of allylic oxidation sites excluding steroid dienone is 4. The van der Waals surface area contributed by atoms with Crippen molar-refractivity contribution in [2.45, 2.75) is 51.6 Å². The largest absolute Gasteiger partial charge is 0.364 e. The van der Waals surface area contributed by atoms with Crippen molar-refractivity contribution in [3.63, 3.8) is 0 Å². The van der Waals surface area contributed by atoms with Crippen LogP contribution in [0.25, 0.3) is 0 Å². The molecule has 2 aliphatic rings. The highest BCUT2D eigenvalue weighted by Crippen LogP contribution is 2.37. The Morgan fingerprint density at radius 2 is 2.00 bits per heavy atom. The van der Waals surface area contributed by atoms with E-state index in [4.69, 9.17) is 5.73 Å². The third-order valence-electron chi connectivity index (χ3n) is 6.73. The maximum atomic E-state index is 12.9. The summed E-state index contributed by atoms with van der Waals surface area (Å²) in [5, 5.41) is 10.4. The predicted octanol–water partition coefficient (Wildman–Crippen LogP) is 2.99. The summed E-state index contributed by atoms with van der Waals surface area (Å²) in [5.41, 5.74) is 8.10. The van der Waals surface area contributed by atoms with Crippen LogP contribution >= 0.6 is 0 Å². The number of carbonyl (C=O) groups excluding carboxylic acids is 2. The SMILES string of the molecule is C=C/C(=C\C=C(/C)C(=O)N[C@@H]1CCCN(c2cnc(C(N)=O)c(Nc3cnn(C)c3)n2)[C@@H]1C)C1CC1. The molecule has 2 aromatic heterocycles. The fourth-order valence-corrected chi connectivity index (χ4v) is 4.43. The third kappa shape index (κ3) is 5.81. The minimum Gasteiger partial charge on any atom is -0.364 e. The van der Waals surface area contributed by atoms with Crippen LogP contribution in [0, 0.1) is 5.92 Å². The van der Waals surface area contributed by atoms with E-state index < -0.39 is 5.91 Å². The van der Waals surface area contributed by atoms with Gasteiger partial charge in [0.2, 0.25) is 5.91 Å². The van der Waals surface area contributed by atoms with E-state index in [1.807, 2.05) is 25.2 Å². The van der Waals surface area contributed by atoms with Crippen molar-refractivity contribution < 1.29 is 9.59 Å². The monoisotopic (exact) mass is 490 g/mol. The van der Waals surface area contributed by atoms with E-state index >= 15 is 0 Å². The van der Waals surface area contributed by atoms with Gasteiger partial charge < -0.3 is 21.3 Å². The fraction of sp³-hybridized carbons (Fsp3) is 0.423. The Hall–Kier alpha value is -3.95. The molecule has 1 saturated heterocycles. The molecule has 0 spiro atoms. The quantitative estimate of drug-likeness (QED) is 0.364. The van der Waals surface area contributed by atoms with E-state index in [1.165, 1.54) is 18.4 Å². The summed E-state index contributed by atoms with van der Waals surface area (Å²) in [4.78, 5) is 35.9. The number of aryl methyl sites for hydroxylation is 1. The Labute approximate surface area is 211 Å². The van der Waals surface area contributed by atoms with Gasteiger partial charge in [-0.15, -0.1) is 0 Å². The molecule has 1 aliphatic carbocycles. The fourth-order valence-electron chi connectivity index (χ4n) is 4.43. The van der Waals surface area contributed by atoms with Crippen LogP contribution in [-0.2, 0) is 11.8 Å². The summed E-state index contributed by atoms with van der Waals surface area (Å²) >= 11 is 0. The lowest BCUT2D eigenvalue weighted by Gasteiger charge is -2.40. The average Bonchev–Trinajstić information content (AvgIpc) is 3.61. The van der Waals surface area contributed by atoms with Gasteiger partial charge in [0.05, 0.1) is 18.1 Å². The van der Waals surface area contributed by atoms with Gasteiger partial charge in [0, 0.05) is 37.4 Å². The Morgan fingerprint density at radius 1 is 1.22 bits per heavy atom. The second kappa shape index (κ2) is 10.8. The zero-order valence-corrected chi connectivity index (χ0v) is 21.1. The van der Waals surface area contributed by atoms with Crippen LogP contribution in [0.3, 0.4) is 0 Å². The molecule has 10 heteroatoms. The standard InChI is InChI=1S/C26H34N8O2/c1-5-18(19-10-11-19)9-8-16(2)26(36)31-21-7-6-12-34(17(21)3)22-14-28-23(24(27)35)25(32-22)30-20-13-29-33(4)15-20/h5,8-9,13-15,17,19,21H,1,6-7,10-12H2,2-4H3,(H2,27,35)(H,30,32)(H,31,36)/b16-8+,18-9+/t17-,21-/m1/s1. The van der Waals surface area contributed by atoms with Gasteiger partial charge >= 0.3 is 0 Å². The lowest BCUT2D eigenvalue weighted by molar-refractivity contribution is -0.118. The van der Waals surface area contributed by atoms with Gasteiger partial charge in [-0.25, -0.2) is 9.97 Å². The Morgan fingerprint density at radius 3 is 2.64 bits per heavy atom. The van der Waals surface area contributed by atoms with E-state index in [2.05, 4.69) is 44.1 Å². The molecule has 2 fully saturated rings. The summed E-state index contributed by atoms with van der Waals surface area (Å²) in [6.07, 6.45) is 14.8. The minimum absolute atomic E-state index is 0.0267. The molecule has 10 nitrogen and oxygen atoms in total. The van der Waals surface area contributed by atoms with Gasteiger partial charge in [0.15, 0.2) is 11.5 Å². The molecule has 4 N–H and O–H groups in total. The normalized spacial score (nSPS) is 20.7. The molecule has 3 heterocycles. The first kappa shape index (κ1) is 25.2. The summed E-state index contributed by atoms with van der Waals surface area (Å²) in [6, 6.07) is -0.0885. The third-order valence-corrected chi connectivity index (χ3v) is 6.73. The van der Waals surface area contributed by atoms with Crippen molar-refractivity contribution in [1.82, 2.24) is 25.1 Å². The van der Waals surface area contributed by atoms with E-state index in [9.17, 15) is 9.59 Å². The van der Waals surface area contributed by atoms with Crippen LogP contribution in [-0.4, -0.2) is 50.2 Å². The van der Waals surface area contributed by atoms with Gasteiger partial charge in [-0.05, 0) is 51.0 Å². The van der Waals surface area contributed by atoms with E-state index in [-0.39, 0.29) is 29.5 Å². The minimum atomic E-state index is -0.671. The number of hydrogen-bond donors (Lipinski definition) is 3. The topological polar surface area (TPSA) is 131 Å². The van der Waals surface area contributed by atoms with Crippen LogP contribution in [0.1, 0.15) is 50.0 Å². The van der Waals surface area contributed by atoms with Crippen LogP contribution < -0.4 is 21.3 Å². The first-order valence-corrected chi connectivity index (χ1v) is 12.3. The lowest BCUT2D eigenvalue weighted by atomic mass is 9.97. The van der Waals surface area contributed by atoms with Gasteiger partial charge in [0.25, 0.3) is 5.91 Å². The highest BCUT2D eigenvalue weighted by molar-refractivity contribution is 5.96. The number of aromatic nitrogens is 4. The highest BCUT2D eigenvalue weighted by atomic mass is 16.2. The number of hydrogen-bond acceptors (Lipinski definition) is 7. The second-order valence-electron chi connectivity index (χ2n) is 9.47. The van der Waals surface area contributed by atoms with Crippen LogP contribution in [0.2, 0.25) is 0 Å². The van der Waals surface area contributed by atoms with Crippen molar-refractivity contribution in [2.75, 3.05) is 16.8 Å². The first-order valence-electron chi connectivity index (χ1n) is 12.3. The zero-order chi connectivity index (χ0) is 25.8. The van der Waals surface area contributed by atoms with Crippen LogP contribution in [0.15, 0.2) is 54.5 Å².